The molecule has 1 N–H and O–H groups in total. The van der Waals surface area contributed by atoms with Crippen LogP contribution >= 0.6 is 0 Å². The van der Waals surface area contributed by atoms with E-state index in [0.29, 0.717) is 11.3 Å². The summed E-state index contributed by atoms with van der Waals surface area (Å²) in [5.41, 5.74) is 5.04. The first kappa shape index (κ1) is 17.3. The zero-order chi connectivity index (χ0) is 19.0. The summed E-state index contributed by atoms with van der Waals surface area (Å²) in [6.07, 6.45) is 0. The number of rotatable bonds is 2. The molecule has 1 aliphatic rings. The van der Waals surface area contributed by atoms with Gasteiger partial charge in [0.15, 0.2) is 5.75 Å². The van der Waals surface area contributed by atoms with Gasteiger partial charge in [-0.05, 0) is 35.7 Å². The van der Waals surface area contributed by atoms with E-state index in [-0.39, 0.29) is 6.04 Å². The van der Waals surface area contributed by atoms with Gasteiger partial charge in [-0.2, -0.15) is 18.4 Å². The van der Waals surface area contributed by atoms with Crippen molar-refractivity contribution in [2.75, 3.05) is 0 Å². The second-order valence-electron chi connectivity index (χ2n) is 6.37. The third kappa shape index (κ3) is 3.31. The maximum atomic E-state index is 11.9. The first-order valence-corrected chi connectivity index (χ1v) is 9.83. The molecule has 0 saturated carbocycles. The molecule has 0 amide bonds. The molecule has 0 spiro atoms. The lowest BCUT2D eigenvalue weighted by atomic mass is 9.96. The lowest BCUT2D eigenvalue weighted by Gasteiger charge is -2.25. The Labute approximate surface area is 158 Å². The average Bonchev–Trinajstić information content (AvgIpc) is 2.67. The van der Waals surface area contributed by atoms with Gasteiger partial charge in [-0.1, -0.05) is 54.6 Å². The molecule has 1 heterocycles. The third-order valence-electron chi connectivity index (χ3n) is 4.57. The SMILES string of the molecule is CC1NS(=O)(=O)Oc2c(-c3ccc(-c4ccc(C#N)cc4)cc3)cccc21. The first-order chi connectivity index (χ1) is 13.0. The maximum absolute atomic E-state index is 11.9. The fourth-order valence-electron chi connectivity index (χ4n) is 3.21. The van der Waals surface area contributed by atoms with E-state index in [9.17, 15) is 8.42 Å². The van der Waals surface area contributed by atoms with E-state index in [0.717, 1.165) is 27.8 Å². The minimum atomic E-state index is -3.81. The van der Waals surface area contributed by atoms with Crippen molar-refractivity contribution in [1.29, 1.82) is 5.26 Å². The van der Waals surface area contributed by atoms with Gasteiger partial charge in [0.2, 0.25) is 0 Å². The summed E-state index contributed by atoms with van der Waals surface area (Å²) in [7, 11) is -3.81. The predicted octanol–water partition coefficient (Wildman–Crippen LogP) is 4.18. The number of nitrogens with zero attached hydrogens (tertiary/aromatic N) is 1. The number of para-hydroxylation sites is 1. The number of fused-ring (bicyclic) bond motifs is 1. The van der Waals surface area contributed by atoms with Gasteiger partial charge in [-0.3, -0.25) is 0 Å². The quantitative estimate of drug-likeness (QED) is 0.728. The minimum Gasteiger partial charge on any atom is -0.370 e. The van der Waals surface area contributed by atoms with Gasteiger partial charge >= 0.3 is 10.3 Å². The standard InChI is InChI=1S/C21H16N2O3S/c1-14-19-3-2-4-20(21(19)26-27(24,25)23-14)18-11-9-17(10-12-18)16-7-5-15(13-22)6-8-16/h2-12,14,23H,1H3. The highest BCUT2D eigenvalue weighted by Crippen LogP contribution is 2.40. The Kier molecular flexibility index (Phi) is 4.19. The Morgan fingerprint density at radius 1 is 0.926 bits per heavy atom. The van der Waals surface area contributed by atoms with Crippen LogP contribution in [0.15, 0.2) is 66.7 Å². The highest BCUT2D eigenvalue weighted by Gasteiger charge is 2.29. The molecule has 134 valence electrons. The summed E-state index contributed by atoms with van der Waals surface area (Å²) < 4.78 is 31.6. The summed E-state index contributed by atoms with van der Waals surface area (Å²) in [5.74, 6) is 0.370. The largest absolute Gasteiger partial charge is 0.383 e. The molecule has 27 heavy (non-hydrogen) atoms. The summed E-state index contributed by atoms with van der Waals surface area (Å²) in [6, 6.07) is 22.5. The molecule has 0 aliphatic carbocycles. The number of benzene rings is 3. The topological polar surface area (TPSA) is 79.2 Å². The van der Waals surface area contributed by atoms with Crippen LogP contribution in [0, 0.1) is 11.3 Å². The van der Waals surface area contributed by atoms with Crippen LogP contribution in [0.1, 0.15) is 24.1 Å². The second kappa shape index (κ2) is 6.54. The van der Waals surface area contributed by atoms with Crippen LogP contribution < -0.4 is 8.91 Å². The predicted molar refractivity (Wildman–Crippen MR) is 103 cm³/mol. The van der Waals surface area contributed by atoms with Crippen molar-refractivity contribution in [3.63, 3.8) is 0 Å². The summed E-state index contributed by atoms with van der Waals surface area (Å²) in [6.45, 7) is 1.79. The zero-order valence-corrected chi connectivity index (χ0v) is 15.3. The molecule has 0 aromatic heterocycles. The maximum Gasteiger partial charge on any atom is 0.383 e. The summed E-state index contributed by atoms with van der Waals surface area (Å²) >= 11 is 0. The molecule has 0 fully saturated rings. The van der Waals surface area contributed by atoms with Crippen molar-refractivity contribution in [1.82, 2.24) is 4.72 Å². The van der Waals surface area contributed by atoms with Gasteiger partial charge in [-0.25, -0.2) is 0 Å². The van der Waals surface area contributed by atoms with E-state index >= 15 is 0 Å². The van der Waals surface area contributed by atoms with Crippen LogP contribution in [0.2, 0.25) is 0 Å². The molecular weight excluding hydrogens is 360 g/mol. The molecule has 1 unspecified atom stereocenters. The fraction of sp³-hybridized carbons (Fsp3) is 0.0952. The number of hydrogen-bond acceptors (Lipinski definition) is 4. The lowest BCUT2D eigenvalue weighted by Crippen LogP contribution is -2.35. The van der Waals surface area contributed by atoms with E-state index in [2.05, 4.69) is 10.8 Å². The Morgan fingerprint density at radius 3 is 2.15 bits per heavy atom. The second-order valence-corrected chi connectivity index (χ2v) is 7.68. The molecule has 6 heteroatoms. The summed E-state index contributed by atoms with van der Waals surface area (Å²) in [4.78, 5) is 0. The monoisotopic (exact) mass is 376 g/mol. The molecule has 3 aromatic rings. The molecule has 0 bridgehead atoms. The van der Waals surface area contributed by atoms with Crippen LogP contribution in [0.25, 0.3) is 22.3 Å². The third-order valence-corrected chi connectivity index (χ3v) is 5.60. The lowest BCUT2D eigenvalue weighted by molar-refractivity contribution is 0.437. The molecule has 1 atom stereocenters. The molecule has 0 saturated heterocycles. The molecule has 3 aromatic carbocycles. The smallest absolute Gasteiger partial charge is 0.370 e. The molecule has 1 aliphatic heterocycles. The Hall–Kier alpha value is -3.14. The zero-order valence-electron chi connectivity index (χ0n) is 14.5. The minimum absolute atomic E-state index is 0.350. The molecule has 4 rings (SSSR count). The van der Waals surface area contributed by atoms with Crippen molar-refractivity contribution < 1.29 is 12.6 Å². The normalized spacial score (nSPS) is 17.4. The van der Waals surface area contributed by atoms with E-state index in [4.69, 9.17) is 9.44 Å². The van der Waals surface area contributed by atoms with Crippen molar-refractivity contribution in [2.45, 2.75) is 13.0 Å². The van der Waals surface area contributed by atoms with Gasteiger partial charge < -0.3 is 4.18 Å². The first-order valence-electron chi connectivity index (χ1n) is 8.42. The summed E-state index contributed by atoms with van der Waals surface area (Å²) in [5, 5.41) is 8.90. The van der Waals surface area contributed by atoms with E-state index in [1.807, 2.05) is 54.6 Å². The van der Waals surface area contributed by atoms with Gasteiger partial charge in [0.1, 0.15) is 0 Å². The van der Waals surface area contributed by atoms with Gasteiger partial charge in [0.05, 0.1) is 17.7 Å². The van der Waals surface area contributed by atoms with E-state index in [1.165, 1.54) is 0 Å². The number of nitrogens with one attached hydrogen (secondary N) is 1. The van der Waals surface area contributed by atoms with Gasteiger partial charge in [0, 0.05) is 11.1 Å². The van der Waals surface area contributed by atoms with Crippen LogP contribution in [0.4, 0.5) is 0 Å². The Morgan fingerprint density at radius 2 is 1.52 bits per heavy atom. The highest BCUT2D eigenvalue weighted by molar-refractivity contribution is 7.85. The molecule has 0 radical (unpaired) electrons. The van der Waals surface area contributed by atoms with Crippen LogP contribution in [0.3, 0.4) is 0 Å². The van der Waals surface area contributed by atoms with Crippen molar-refractivity contribution in [2.24, 2.45) is 0 Å². The fourth-order valence-corrected chi connectivity index (χ4v) is 4.22. The van der Waals surface area contributed by atoms with Crippen molar-refractivity contribution in [3.8, 4) is 34.1 Å². The van der Waals surface area contributed by atoms with E-state index in [1.54, 1.807) is 19.1 Å². The van der Waals surface area contributed by atoms with Crippen LogP contribution in [0.5, 0.6) is 5.75 Å². The molecule has 5 nitrogen and oxygen atoms in total. The van der Waals surface area contributed by atoms with Crippen molar-refractivity contribution in [3.05, 3.63) is 77.9 Å². The van der Waals surface area contributed by atoms with Crippen LogP contribution in [-0.4, -0.2) is 8.42 Å². The van der Waals surface area contributed by atoms with Gasteiger partial charge in [-0.15, -0.1) is 0 Å². The highest BCUT2D eigenvalue weighted by atomic mass is 32.2. The van der Waals surface area contributed by atoms with Crippen molar-refractivity contribution >= 4 is 10.3 Å². The van der Waals surface area contributed by atoms with Gasteiger partial charge in [0.25, 0.3) is 0 Å². The number of nitriles is 1. The average molecular weight is 376 g/mol. The molecular formula is C21H16N2O3S. The Balaban J connectivity index is 1.73. The van der Waals surface area contributed by atoms with E-state index < -0.39 is 10.3 Å². The number of hydrogen-bond donors (Lipinski definition) is 1. The van der Waals surface area contributed by atoms with Crippen LogP contribution in [-0.2, 0) is 10.3 Å². The Bertz CT molecular complexity index is 1150.